The second-order valence-corrected chi connectivity index (χ2v) is 9.87. The molecular weight excluding hydrogens is 540 g/mol. The minimum absolute atomic E-state index is 0.0349. The molecule has 0 bridgehead atoms. The quantitative estimate of drug-likeness (QED) is 0.406. The fourth-order valence-corrected chi connectivity index (χ4v) is 4.78. The minimum atomic E-state index is -4.97. The molecule has 2 amide bonds. The maximum Gasteiger partial charge on any atom is 0.504 e. The SMILES string of the molecule is CC(=O)NCC1=C(c2ccc(C3CC3)cn2)C[C@](c2ccc(-c3cnn(C(F)(F)F)c3)cc2)(C(F)(F)F)NC1=O. The lowest BCUT2D eigenvalue weighted by Gasteiger charge is -2.41. The minimum Gasteiger partial charge on any atom is -0.352 e. The molecule has 3 heterocycles. The molecular formula is C27H23F6N5O2. The molecule has 3 aromatic rings. The number of amides is 2. The lowest BCUT2D eigenvalue weighted by molar-refractivity contribution is -0.212. The second-order valence-electron chi connectivity index (χ2n) is 9.87. The molecule has 1 aliphatic carbocycles. The highest BCUT2D eigenvalue weighted by Gasteiger charge is 2.59. The van der Waals surface area contributed by atoms with E-state index in [2.05, 4.69) is 20.7 Å². The molecule has 2 aliphatic rings. The predicted octanol–water partition coefficient (Wildman–Crippen LogP) is 5.17. The predicted molar refractivity (Wildman–Crippen MR) is 131 cm³/mol. The van der Waals surface area contributed by atoms with Gasteiger partial charge < -0.3 is 10.6 Å². The number of alkyl halides is 6. The highest BCUT2D eigenvalue weighted by Crippen LogP contribution is 2.48. The van der Waals surface area contributed by atoms with Gasteiger partial charge in [0.05, 0.1) is 11.9 Å². The van der Waals surface area contributed by atoms with E-state index in [0.29, 0.717) is 5.92 Å². The zero-order chi connectivity index (χ0) is 28.9. The number of halogens is 6. The average molecular weight is 564 g/mol. The largest absolute Gasteiger partial charge is 0.504 e. The molecule has 7 nitrogen and oxygen atoms in total. The summed E-state index contributed by atoms with van der Waals surface area (Å²) in [7, 11) is 0. The molecule has 2 aromatic heterocycles. The van der Waals surface area contributed by atoms with Gasteiger partial charge in [-0.05, 0) is 47.1 Å². The van der Waals surface area contributed by atoms with Gasteiger partial charge in [-0.3, -0.25) is 14.6 Å². The molecule has 210 valence electrons. The Balaban J connectivity index is 1.55. The van der Waals surface area contributed by atoms with Crippen LogP contribution < -0.4 is 10.6 Å². The Morgan fingerprint density at radius 2 is 1.75 bits per heavy atom. The summed E-state index contributed by atoms with van der Waals surface area (Å²) in [6, 6.07) is 8.08. The number of aromatic nitrogens is 3. The number of rotatable bonds is 6. The van der Waals surface area contributed by atoms with Gasteiger partial charge in [0.1, 0.15) is 0 Å². The van der Waals surface area contributed by atoms with Crippen molar-refractivity contribution in [2.75, 3.05) is 6.54 Å². The molecule has 40 heavy (non-hydrogen) atoms. The number of carbonyl (C=O) groups is 2. The van der Waals surface area contributed by atoms with Crippen LogP contribution in [0, 0.1) is 0 Å². The Labute approximate surface area is 224 Å². The van der Waals surface area contributed by atoms with Gasteiger partial charge in [-0.1, -0.05) is 30.3 Å². The first-order valence-corrected chi connectivity index (χ1v) is 12.3. The molecule has 1 atom stereocenters. The van der Waals surface area contributed by atoms with Crippen molar-refractivity contribution in [3.8, 4) is 11.1 Å². The van der Waals surface area contributed by atoms with E-state index in [4.69, 9.17) is 0 Å². The van der Waals surface area contributed by atoms with Gasteiger partial charge in [-0.15, -0.1) is 13.2 Å². The Morgan fingerprint density at radius 3 is 2.27 bits per heavy atom. The van der Waals surface area contributed by atoms with E-state index >= 15 is 0 Å². The van der Waals surface area contributed by atoms with E-state index in [1.165, 1.54) is 19.1 Å². The van der Waals surface area contributed by atoms with Crippen molar-refractivity contribution in [2.45, 2.75) is 50.1 Å². The van der Waals surface area contributed by atoms with Gasteiger partial charge in [0.2, 0.25) is 11.8 Å². The first-order chi connectivity index (χ1) is 18.8. The van der Waals surface area contributed by atoms with Crippen LogP contribution in [0.1, 0.15) is 48.9 Å². The summed E-state index contributed by atoms with van der Waals surface area (Å²) in [6.45, 7) is 0.933. The van der Waals surface area contributed by atoms with E-state index in [-0.39, 0.29) is 44.8 Å². The summed E-state index contributed by atoms with van der Waals surface area (Å²) in [5, 5.41) is 7.84. The highest BCUT2D eigenvalue weighted by molar-refractivity contribution is 6.04. The summed E-state index contributed by atoms with van der Waals surface area (Å²) in [6.07, 6.45) is -5.14. The monoisotopic (exact) mass is 563 g/mol. The Hall–Kier alpha value is -4.16. The van der Waals surface area contributed by atoms with Crippen LogP contribution in [-0.4, -0.2) is 39.3 Å². The van der Waals surface area contributed by atoms with Gasteiger partial charge >= 0.3 is 12.5 Å². The van der Waals surface area contributed by atoms with Crippen LogP contribution >= 0.6 is 0 Å². The van der Waals surface area contributed by atoms with Gasteiger partial charge in [-0.2, -0.15) is 23.0 Å². The molecule has 0 saturated heterocycles. The van der Waals surface area contributed by atoms with Gasteiger partial charge in [-0.25, -0.2) is 0 Å². The van der Waals surface area contributed by atoms with Crippen LogP contribution in [-0.2, 0) is 21.4 Å². The molecule has 1 aromatic carbocycles. The van der Waals surface area contributed by atoms with Crippen LogP contribution in [0.15, 0.2) is 60.6 Å². The van der Waals surface area contributed by atoms with Crippen molar-refractivity contribution in [2.24, 2.45) is 0 Å². The number of nitrogens with zero attached hydrogens (tertiary/aromatic N) is 3. The molecule has 1 aliphatic heterocycles. The van der Waals surface area contributed by atoms with Crippen molar-refractivity contribution >= 4 is 17.4 Å². The molecule has 13 heteroatoms. The van der Waals surface area contributed by atoms with Gasteiger partial charge in [0, 0.05) is 43.4 Å². The molecule has 2 N–H and O–H groups in total. The third-order valence-electron chi connectivity index (χ3n) is 7.10. The van der Waals surface area contributed by atoms with Gasteiger partial charge in [0.25, 0.3) is 0 Å². The Kier molecular flexibility index (Phi) is 6.71. The smallest absolute Gasteiger partial charge is 0.352 e. The molecule has 0 spiro atoms. The van der Waals surface area contributed by atoms with Crippen molar-refractivity contribution < 1.29 is 35.9 Å². The molecule has 5 rings (SSSR count). The summed E-state index contributed by atoms with van der Waals surface area (Å²) in [4.78, 5) is 29.2. The Bertz CT molecular complexity index is 1470. The number of hydrogen-bond donors (Lipinski definition) is 2. The van der Waals surface area contributed by atoms with E-state index in [1.807, 2.05) is 0 Å². The van der Waals surface area contributed by atoms with Gasteiger partial charge in [0.15, 0.2) is 5.54 Å². The van der Waals surface area contributed by atoms with Crippen molar-refractivity contribution in [3.63, 3.8) is 0 Å². The summed E-state index contributed by atoms with van der Waals surface area (Å²) < 4.78 is 83.1. The van der Waals surface area contributed by atoms with Crippen LogP contribution in [0.4, 0.5) is 26.3 Å². The third-order valence-corrected chi connectivity index (χ3v) is 7.10. The lowest BCUT2D eigenvalue weighted by atomic mass is 9.77. The second kappa shape index (κ2) is 9.79. The van der Waals surface area contributed by atoms with E-state index in [9.17, 15) is 35.9 Å². The average Bonchev–Trinajstić information content (AvgIpc) is 3.61. The van der Waals surface area contributed by atoms with Crippen LogP contribution in [0.25, 0.3) is 16.7 Å². The molecule has 1 fully saturated rings. The number of hydrogen-bond acceptors (Lipinski definition) is 4. The normalized spacial score (nSPS) is 19.9. The highest BCUT2D eigenvalue weighted by atomic mass is 19.4. The molecule has 0 radical (unpaired) electrons. The summed E-state index contributed by atoms with van der Waals surface area (Å²) in [5.74, 6) is -1.12. The summed E-state index contributed by atoms with van der Waals surface area (Å²) in [5.41, 5.74) is -1.78. The fraction of sp³-hybridized carbons (Fsp3) is 0.333. The van der Waals surface area contributed by atoms with Crippen molar-refractivity contribution in [3.05, 3.63) is 77.4 Å². The first-order valence-electron chi connectivity index (χ1n) is 12.3. The van der Waals surface area contributed by atoms with E-state index in [0.717, 1.165) is 42.9 Å². The third kappa shape index (κ3) is 5.19. The van der Waals surface area contributed by atoms with E-state index < -0.39 is 36.3 Å². The maximum absolute atomic E-state index is 14.9. The number of nitrogens with one attached hydrogen (secondary N) is 2. The van der Waals surface area contributed by atoms with Crippen LogP contribution in [0.3, 0.4) is 0 Å². The molecule has 1 saturated carbocycles. The van der Waals surface area contributed by atoms with Crippen LogP contribution in [0.2, 0.25) is 0 Å². The first kappa shape index (κ1) is 27.4. The summed E-state index contributed by atoms with van der Waals surface area (Å²) >= 11 is 0. The topological polar surface area (TPSA) is 88.9 Å². The Morgan fingerprint density at radius 1 is 1.05 bits per heavy atom. The fourth-order valence-electron chi connectivity index (χ4n) is 4.78. The zero-order valence-corrected chi connectivity index (χ0v) is 21.0. The number of benzene rings is 1. The standard InChI is InChI=1S/C27H23F6N5O2/c1-15(39)34-13-22-21(23-9-6-18(11-35-23)16-2-3-16)10-25(26(28,29)30,37-24(22)40)20-7-4-17(5-8-20)19-12-36-38(14-19)27(31,32)33/h4-9,11-12,14,16H,2-3,10,13H2,1H3,(H,34,39)(H,37,40)/t25-/m0/s1. The number of pyridine rings is 1. The van der Waals surface area contributed by atoms with Crippen LogP contribution in [0.5, 0.6) is 0 Å². The van der Waals surface area contributed by atoms with E-state index in [1.54, 1.807) is 18.3 Å². The van der Waals surface area contributed by atoms with Crippen molar-refractivity contribution in [1.29, 1.82) is 0 Å². The lowest BCUT2D eigenvalue weighted by Crippen LogP contribution is -2.59. The zero-order valence-electron chi connectivity index (χ0n) is 21.0. The molecule has 0 unspecified atom stereocenters. The van der Waals surface area contributed by atoms with Crippen molar-refractivity contribution in [1.82, 2.24) is 25.4 Å². The maximum atomic E-state index is 14.9. The number of carbonyl (C=O) groups excluding carboxylic acids is 2.